The molecule has 0 unspecified atom stereocenters. The Morgan fingerprint density at radius 2 is 1.53 bits per heavy atom. The highest BCUT2D eigenvalue weighted by Crippen LogP contribution is 2.62. The highest BCUT2D eigenvalue weighted by molar-refractivity contribution is 6.37. The Balaban J connectivity index is 1.36. The Kier molecular flexibility index (Phi) is 4.02. The maximum Gasteiger partial charge on any atom is 0.238 e. The second-order valence-electron chi connectivity index (χ2n) is 8.30. The molecular formula is C22H15Cl3N2O3. The molecule has 2 heterocycles. The molecule has 4 aliphatic rings. The monoisotopic (exact) mass is 460 g/mol. The van der Waals surface area contributed by atoms with Crippen LogP contribution >= 0.6 is 34.8 Å². The van der Waals surface area contributed by atoms with Gasteiger partial charge < -0.3 is 4.84 Å². The molecule has 8 heteroatoms. The predicted molar refractivity (Wildman–Crippen MR) is 114 cm³/mol. The number of rotatable bonds is 2. The van der Waals surface area contributed by atoms with Crippen molar-refractivity contribution in [1.29, 1.82) is 0 Å². The first-order chi connectivity index (χ1) is 14.5. The zero-order chi connectivity index (χ0) is 20.7. The molecule has 2 aromatic carbocycles. The van der Waals surface area contributed by atoms with Gasteiger partial charge in [0.1, 0.15) is 6.10 Å². The van der Waals surface area contributed by atoms with Gasteiger partial charge in [-0.3, -0.25) is 14.5 Å². The highest BCUT2D eigenvalue weighted by Gasteiger charge is 2.70. The molecule has 2 saturated carbocycles. The normalized spacial score (nSPS) is 33.6. The number of anilines is 1. The molecule has 2 aliphatic heterocycles. The number of nitrogens with zero attached hydrogens (tertiary/aromatic N) is 2. The van der Waals surface area contributed by atoms with Gasteiger partial charge in [-0.05, 0) is 48.7 Å². The van der Waals surface area contributed by atoms with Crippen LogP contribution in [0.1, 0.15) is 12.0 Å². The molecule has 30 heavy (non-hydrogen) atoms. The van der Waals surface area contributed by atoms with Crippen LogP contribution in [0, 0.1) is 29.6 Å². The first kappa shape index (κ1) is 18.7. The highest BCUT2D eigenvalue weighted by atomic mass is 35.5. The summed E-state index contributed by atoms with van der Waals surface area (Å²) < 4.78 is 0. The fourth-order valence-corrected chi connectivity index (χ4v) is 6.52. The molecule has 2 aromatic rings. The van der Waals surface area contributed by atoms with E-state index < -0.39 is 0 Å². The lowest BCUT2D eigenvalue weighted by atomic mass is 9.71. The standard InChI is InChI=1S/C22H15Cl3N2O3/c23-9-1-4-11(5-2-9)27-21(28)16-13-8-14(17(16)22(27)29)20-18(13)19(26-30-20)12-6-3-10(24)7-15(12)25/h1-7,13-14,16-18,20H,8H2/t13-,14-,16-,17-,18-,20+/m1/s1. The molecule has 5 nitrogen and oxygen atoms in total. The fraction of sp³-hybridized carbons (Fsp3) is 0.318. The van der Waals surface area contributed by atoms with Crippen molar-refractivity contribution < 1.29 is 14.4 Å². The lowest BCUT2D eigenvalue weighted by Crippen LogP contribution is -2.41. The molecule has 0 spiro atoms. The molecule has 152 valence electrons. The summed E-state index contributed by atoms with van der Waals surface area (Å²) in [5.74, 6) is -1.13. The fourth-order valence-electron chi connectivity index (χ4n) is 5.89. The second kappa shape index (κ2) is 6.46. The zero-order valence-corrected chi connectivity index (χ0v) is 17.7. The lowest BCUT2D eigenvalue weighted by molar-refractivity contribution is -0.125. The van der Waals surface area contributed by atoms with E-state index in [-0.39, 0.29) is 47.5 Å². The Labute approximate surface area is 187 Å². The molecule has 0 N–H and O–H groups in total. The smallest absolute Gasteiger partial charge is 0.238 e. The van der Waals surface area contributed by atoms with Crippen LogP contribution in [0.3, 0.4) is 0 Å². The summed E-state index contributed by atoms with van der Waals surface area (Å²) in [6, 6.07) is 12.1. The van der Waals surface area contributed by atoms with Crippen molar-refractivity contribution in [3.8, 4) is 0 Å². The van der Waals surface area contributed by atoms with Crippen molar-refractivity contribution in [3.63, 3.8) is 0 Å². The maximum absolute atomic E-state index is 13.4. The topological polar surface area (TPSA) is 59.0 Å². The van der Waals surface area contributed by atoms with E-state index in [1.54, 1.807) is 36.4 Å². The van der Waals surface area contributed by atoms with Crippen molar-refractivity contribution >= 4 is 58.0 Å². The van der Waals surface area contributed by atoms with Crippen LogP contribution in [-0.2, 0) is 14.4 Å². The number of hydrogen-bond acceptors (Lipinski definition) is 4. The number of benzene rings is 2. The van der Waals surface area contributed by atoms with Crippen LogP contribution in [0.5, 0.6) is 0 Å². The summed E-state index contributed by atoms with van der Waals surface area (Å²) in [6.07, 6.45) is 0.570. The molecule has 2 amide bonds. The minimum atomic E-state index is -0.366. The van der Waals surface area contributed by atoms with E-state index in [0.717, 1.165) is 17.7 Å². The van der Waals surface area contributed by atoms with Crippen molar-refractivity contribution in [3.05, 3.63) is 63.1 Å². The molecular weight excluding hydrogens is 447 g/mol. The number of carbonyl (C=O) groups excluding carboxylic acids is 2. The van der Waals surface area contributed by atoms with E-state index in [1.807, 2.05) is 6.07 Å². The van der Waals surface area contributed by atoms with Gasteiger partial charge in [0.15, 0.2) is 0 Å². The van der Waals surface area contributed by atoms with Crippen LogP contribution in [-0.4, -0.2) is 23.6 Å². The Hall–Kier alpha value is -2.08. The summed E-state index contributed by atoms with van der Waals surface area (Å²) in [5, 5.41) is 5.93. The molecule has 3 fully saturated rings. The van der Waals surface area contributed by atoms with Crippen molar-refractivity contribution in [1.82, 2.24) is 0 Å². The van der Waals surface area contributed by atoms with Gasteiger partial charge in [-0.25, -0.2) is 0 Å². The van der Waals surface area contributed by atoms with Gasteiger partial charge in [-0.1, -0.05) is 46.0 Å². The van der Waals surface area contributed by atoms with Gasteiger partial charge in [0.25, 0.3) is 0 Å². The maximum atomic E-state index is 13.4. The molecule has 6 rings (SSSR count). The number of fused-ring (bicyclic) bond motifs is 8. The van der Waals surface area contributed by atoms with Crippen molar-refractivity contribution in [2.24, 2.45) is 34.7 Å². The largest absolute Gasteiger partial charge is 0.391 e. The average Bonchev–Trinajstić information content (AvgIpc) is 3.44. The third kappa shape index (κ3) is 2.40. The summed E-state index contributed by atoms with van der Waals surface area (Å²) in [4.78, 5) is 33.7. The van der Waals surface area contributed by atoms with Gasteiger partial charge in [-0.15, -0.1) is 0 Å². The molecule has 2 aliphatic carbocycles. The number of amides is 2. The summed E-state index contributed by atoms with van der Waals surface area (Å²) in [5.41, 5.74) is 2.07. The molecule has 6 atom stereocenters. The molecule has 1 saturated heterocycles. The summed E-state index contributed by atoms with van der Waals surface area (Å²) in [7, 11) is 0. The van der Waals surface area contributed by atoms with Gasteiger partial charge >= 0.3 is 0 Å². The molecule has 2 bridgehead atoms. The van der Waals surface area contributed by atoms with E-state index in [4.69, 9.17) is 39.6 Å². The number of oxime groups is 1. The van der Waals surface area contributed by atoms with E-state index in [9.17, 15) is 9.59 Å². The van der Waals surface area contributed by atoms with Gasteiger partial charge in [0.05, 0.1) is 28.3 Å². The van der Waals surface area contributed by atoms with Crippen molar-refractivity contribution in [2.45, 2.75) is 12.5 Å². The number of halogens is 3. The minimum absolute atomic E-state index is 0.00764. The Morgan fingerprint density at radius 3 is 2.23 bits per heavy atom. The van der Waals surface area contributed by atoms with Crippen LogP contribution in [0.25, 0.3) is 0 Å². The molecule has 0 radical (unpaired) electrons. The second-order valence-corrected chi connectivity index (χ2v) is 9.58. The first-order valence-electron chi connectivity index (χ1n) is 9.78. The Bertz CT molecular complexity index is 1130. The summed E-state index contributed by atoms with van der Waals surface area (Å²) >= 11 is 18.4. The van der Waals surface area contributed by atoms with Gasteiger partial charge in [0, 0.05) is 27.4 Å². The number of hydrogen-bond donors (Lipinski definition) is 0. The average molecular weight is 462 g/mol. The number of imide groups is 1. The Morgan fingerprint density at radius 1 is 0.867 bits per heavy atom. The van der Waals surface area contributed by atoms with E-state index >= 15 is 0 Å². The first-order valence-corrected chi connectivity index (χ1v) is 10.9. The SMILES string of the molecule is O=C1[C@@H]2[C@H]3C[C@@H]([C@@H]4ON=C(c5ccc(Cl)cc5Cl)[C@@H]34)[C@H]2C(=O)N1c1ccc(Cl)cc1. The van der Waals surface area contributed by atoms with Gasteiger partial charge in [-0.2, -0.15) is 0 Å². The molecule has 0 aromatic heterocycles. The van der Waals surface area contributed by atoms with Crippen LogP contribution in [0.15, 0.2) is 47.6 Å². The number of carbonyl (C=O) groups is 2. The lowest BCUT2D eigenvalue weighted by Gasteiger charge is -2.30. The van der Waals surface area contributed by atoms with E-state index in [0.29, 0.717) is 20.8 Å². The van der Waals surface area contributed by atoms with Crippen LogP contribution < -0.4 is 4.90 Å². The minimum Gasteiger partial charge on any atom is -0.391 e. The van der Waals surface area contributed by atoms with Crippen LogP contribution in [0.4, 0.5) is 5.69 Å². The third-order valence-electron chi connectivity index (χ3n) is 6.98. The van der Waals surface area contributed by atoms with Crippen LogP contribution in [0.2, 0.25) is 15.1 Å². The van der Waals surface area contributed by atoms with Gasteiger partial charge in [0.2, 0.25) is 11.8 Å². The van der Waals surface area contributed by atoms with E-state index in [2.05, 4.69) is 5.16 Å². The summed E-state index contributed by atoms with van der Waals surface area (Å²) in [6.45, 7) is 0. The van der Waals surface area contributed by atoms with Crippen molar-refractivity contribution in [2.75, 3.05) is 4.90 Å². The predicted octanol–water partition coefficient (Wildman–Crippen LogP) is 4.82. The quantitative estimate of drug-likeness (QED) is 0.602. The zero-order valence-electron chi connectivity index (χ0n) is 15.5. The van der Waals surface area contributed by atoms with E-state index in [1.165, 1.54) is 4.90 Å². The third-order valence-corrected chi connectivity index (χ3v) is 7.78.